The molecular weight excluding hydrogens is 176 g/mol. The van der Waals surface area contributed by atoms with Crippen molar-refractivity contribution in [2.24, 2.45) is 11.7 Å². The number of carbonyl (C=O) groups is 1. The van der Waals surface area contributed by atoms with Crippen molar-refractivity contribution in [3.05, 3.63) is 29.8 Å². The van der Waals surface area contributed by atoms with Crippen LogP contribution in [0.5, 0.6) is 0 Å². The summed E-state index contributed by atoms with van der Waals surface area (Å²) < 4.78 is 0. The molecule has 3 rings (SSSR count). The van der Waals surface area contributed by atoms with Gasteiger partial charge in [-0.25, -0.2) is 0 Å². The van der Waals surface area contributed by atoms with E-state index in [0.29, 0.717) is 12.5 Å². The van der Waals surface area contributed by atoms with Crippen molar-refractivity contribution < 1.29 is 4.79 Å². The van der Waals surface area contributed by atoms with Crippen molar-refractivity contribution in [1.29, 1.82) is 0 Å². The zero-order valence-electron chi connectivity index (χ0n) is 7.79. The van der Waals surface area contributed by atoms with Crippen LogP contribution in [0.4, 0.5) is 5.69 Å². The first-order valence-electron chi connectivity index (χ1n) is 4.90. The van der Waals surface area contributed by atoms with Crippen molar-refractivity contribution >= 4 is 11.6 Å². The van der Waals surface area contributed by atoms with Crippen molar-refractivity contribution in [1.82, 2.24) is 0 Å². The van der Waals surface area contributed by atoms with Crippen molar-refractivity contribution in [3.63, 3.8) is 0 Å². The Labute approximate surface area is 82.3 Å². The Hall–Kier alpha value is -1.35. The number of para-hydroxylation sites is 1. The van der Waals surface area contributed by atoms with E-state index in [2.05, 4.69) is 5.32 Å². The molecule has 2 unspecified atom stereocenters. The molecule has 3 N–H and O–H groups in total. The van der Waals surface area contributed by atoms with E-state index < -0.39 is 0 Å². The lowest BCUT2D eigenvalue weighted by Crippen LogP contribution is -2.23. The van der Waals surface area contributed by atoms with Crippen LogP contribution in [0.25, 0.3) is 0 Å². The van der Waals surface area contributed by atoms with E-state index in [1.165, 1.54) is 0 Å². The van der Waals surface area contributed by atoms with Gasteiger partial charge in [0, 0.05) is 5.69 Å². The van der Waals surface area contributed by atoms with E-state index in [1.54, 1.807) is 0 Å². The van der Waals surface area contributed by atoms with Crippen LogP contribution >= 0.6 is 0 Å². The minimum Gasteiger partial charge on any atom is -0.330 e. The zero-order valence-corrected chi connectivity index (χ0v) is 7.79. The van der Waals surface area contributed by atoms with E-state index >= 15 is 0 Å². The second kappa shape index (κ2) is 2.36. The van der Waals surface area contributed by atoms with Crippen molar-refractivity contribution in [2.45, 2.75) is 11.8 Å². The summed E-state index contributed by atoms with van der Waals surface area (Å²) >= 11 is 0. The fourth-order valence-electron chi connectivity index (χ4n) is 2.56. The number of amides is 1. The van der Waals surface area contributed by atoms with Crippen LogP contribution in [-0.4, -0.2) is 12.5 Å². The maximum absolute atomic E-state index is 11.8. The molecule has 2 aliphatic rings. The maximum Gasteiger partial charge on any atom is 0.235 e. The monoisotopic (exact) mass is 188 g/mol. The Morgan fingerprint density at radius 3 is 3.00 bits per heavy atom. The van der Waals surface area contributed by atoms with Gasteiger partial charge >= 0.3 is 0 Å². The molecule has 14 heavy (non-hydrogen) atoms. The SMILES string of the molecule is NCC1CC12C(=O)Nc1ccccc12. The molecule has 0 aromatic heterocycles. The Morgan fingerprint density at radius 2 is 2.29 bits per heavy atom. The highest BCUT2D eigenvalue weighted by atomic mass is 16.2. The molecule has 1 amide bonds. The largest absolute Gasteiger partial charge is 0.330 e. The second-order valence-electron chi connectivity index (χ2n) is 4.11. The van der Waals surface area contributed by atoms with Crippen LogP contribution in [0.1, 0.15) is 12.0 Å². The van der Waals surface area contributed by atoms with Crippen molar-refractivity contribution in [2.75, 3.05) is 11.9 Å². The minimum atomic E-state index is -0.272. The van der Waals surface area contributed by atoms with E-state index in [1.807, 2.05) is 24.3 Å². The molecule has 0 bridgehead atoms. The highest BCUT2D eigenvalue weighted by molar-refractivity contribution is 6.08. The summed E-state index contributed by atoms with van der Waals surface area (Å²) in [4.78, 5) is 11.8. The number of hydrogen-bond donors (Lipinski definition) is 2. The number of nitrogens with two attached hydrogens (primary N) is 1. The molecule has 1 aromatic carbocycles. The van der Waals surface area contributed by atoms with Gasteiger partial charge in [-0.15, -0.1) is 0 Å². The normalized spacial score (nSPS) is 32.9. The van der Waals surface area contributed by atoms with Gasteiger partial charge in [-0.2, -0.15) is 0 Å². The molecule has 3 heteroatoms. The molecule has 2 atom stereocenters. The number of hydrogen-bond acceptors (Lipinski definition) is 2. The van der Waals surface area contributed by atoms with Crippen LogP contribution in [0.3, 0.4) is 0 Å². The molecule has 1 aliphatic heterocycles. The van der Waals surface area contributed by atoms with Gasteiger partial charge in [0.2, 0.25) is 5.91 Å². The molecular formula is C11H12N2O. The quantitative estimate of drug-likeness (QED) is 0.686. The Balaban J connectivity index is 2.13. The molecule has 1 spiro atoms. The molecule has 1 aromatic rings. The van der Waals surface area contributed by atoms with Gasteiger partial charge in [-0.3, -0.25) is 4.79 Å². The molecule has 1 saturated carbocycles. The summed E-state index contributed by atoms with van der Waals surface area (Å²) in [6.07, 6.45) is 0.909. The highest BCUT2D eigenvalue weighted by Crippen LogP contribution is 2.59. The molecule has 1 fully saturated rings. The Bertz CT molecular complexity index is 416. The summed E-state index contributed by atoms with van der Waals surface area (Å²) in [7, 11) is 0. The van der Waals surface area contributed by atoms with Gasteiger partial charge in [0.05, 0.1) is 5.41 Å². The molecule has 1 heterocycles. The molecule has 72 valence electrons. The fourth-order valence-corrected chi connectivity index (χ4v) is 2.56. The predicted octanol–water partition coefficient (Wildman–Crippen LogP) is 0.855. The van der Waals surface area contributed by atoms with Crippen LogP contribution < -0.4 is 11.1 Å². The first-order valence-corrected chi connectivity index (χ1v) is 4.90. The predicted molar refractivity (Wildman–Crippen MR) is 53.9 cm³/mol. The average molecular weight is 188 g/mol. The van der Waals surface area contributed by atoms with E-state index in [0.717, 1.165) is 17.7 Å². The van der Waals surface area contributed by atoms with Gasteiger partial charge in [-0.05, 0) is 30.5 Å². The standard InChI is InChI=1S/C11H12N2O/c12-6-7-5-11(7)8-3-1-2-4-9(8)13-10(11)14/h1-4,7H,5-6,12H2,(H,13,14). The summed E-state index contributed by atoms with van der Waals surface area (Å²) in [6.45, 7) is 0.599. The van der Waals surface area contributed by atoms with Gasteiger partial charge in [0.25, 0.3) is 0 Å². The second-order valence-corrected chi connectivity index (χ2v) is 4.11. The number of carbonyl (C=O) groups excluding carboxylic acids is 1. The number of anilines is 1. The van der Waals surface area contributed by atoms with E-state index in [9.17, 15) is 4.79 Å². The lowest BCUT2D eigenvalue weighted by molar-refractivity contribution is -0.118. The Morgan fingerprint density at radius 1 is 1.50 bits per heavy atom. The van der Waals surface area contributed by atoms with Gasteiger partial charge in [0.15, 0.2) is 0 Å². The van der Waals surface area contributed by atoms with E-state index in [4.69, 9.17) is 5.73 Å². The summed E-state index contributed by atoms with van der Waals surface area (Å²) in [6, 6.07) is 7.90. The third kappa shape index (κ3) is 0.738. The third-order valence-electron chi connectivity index (χ3n) is 3.45. The summed E-state index contributed by atoms with van der Waals surface area (Å²) in [5, 5.41) is 2.92. The smallest absolute Gasteiger partial charge is 0.235 e. The van der Waals surface area contributed by atoms with Crippen LogP contribution in [0.2, 0.25) is 0 Å². The van der Waals surface area contributed by atoms with Gasteiger partial charge in [-0.1, -0.05) is 18.2 Å². The van der Waals surface area contributed by atoms with Crippen LogP contribution in [0.15, 0.2) is 24.3 Å². The average Bonchev–Trinajstić information content (AvgIpc) is 2.87. The maximum atomic E-state index is 11.8. The van der Waals surface area contributed by atoms with Crippen molar-refractivity contribution in [3.8, 4) is 0 Å². The van der Waals surface area contributed by atoms with E-state index in [-0.39, 0.29) is 11.3 Å². The number of benzene rings is 1. The third-order valence-corrected chi connectivity index (χ3v) is 3.45. The van der Waals surface area contributed by atoms with Crippen LogP contribution in [-0.2, 0) is 10.2 Å². The Kier molecular flexibility index (Phi) is 1.35. The lowest BCUT2D eigenvalue weighted by Gasteiger charge is -2.05. The highest BCUT2D eigenvalue weighted by Gasteiger charge is 2.63. The summed E-state index contributed by atoms with van der Waals surface area (Å²) in [5.41, 5.74) is 7.46. The zero-order chi connectivity index (χ0) is 9.76. The minimum absolute atomic E-state index is 0.133. The number of nitrogens with one attached hydrogen (secondary N) is 1. The van der Waals surface area contributed by atoms with Crippen LogP contribution in [0, 0.1) is 5.92 Å². The first-order chi connectivity index (χ1) is 6.79. The lowest BCUT2D eigenvalue weighted by atomic mass is 9.95. The number of rotatable bonds is 1. The summed E-state index contributed by atoms with van der Waals surface area (Å²) in [5.74, 6) is 0.473. The van der Waals surface area contributed by atoms with Gasteiger partial charge < -0.3 is 11.1 Å². The molecule has 3 nitrogen and oxygen atoms in total. The molecule has 0 saturated heterocycles. The molecule has 0 radical (unpaired) electrons. The van der Waals surface area contributed by atoms with Gasteiger partial charge in [0.1, 0.15) is 0 Å². The fraction of sp³-hybridized carbons (Fsp3) is 0.364. The number of fused-ring (bicyclic) bond motifs is 2. The topological polar surface area (TPSA) is 55.1 Å². The first kappa shape index (κ1) is 8.00. The molecule has 1 aliphatic carbocycles.